The van der Waals surface area contributed by atoms with E-state index in [2.05, 4.69) is 12.1 Å². The van der Waals surface area contributed by atoms with Gasteiger partial charge in [0.25, 0.3) is 0 Å². The minimum Gasteiger partial charge on any atom is -0.497 e. The highest BCUT2D eigenvalue weighted by Gasteiger charge is 2.40. The number of carbonyl (C=O) groups is 1. The SMILES string of the molecule is CCOC(=O)[C@](C)(N)[C@H]1CCc2cc(OC)ccc2C1. The molecule has 0 aromatic heterocycles. The second-order valence-electron chi connectivity index (χ2n) is 5.58. The fourth-order valence-corrected chi connectivity index (χ4v) is 2.82. The predicted molar refractivity (Wildman–Crippen MR) is 77.7 cm³/mol. The highest BCUT2D eigenvalue weighted by atomic mass is 16.5. The highest BCUT2D eigenvalue weighted by Crippen LogP contribution is 2.33. The van der Waals surface area contributed by atoms with Crippen molar-refractivity contribution < 1.29 is 14.3 Å². The van der Waals surface area contributed by atoms with E-state index in [0.29, 0.717) is 6.61 Å². The van der Waals surface area contributed by atoms with Gasteiger partial charge in [-0.2, -0.15) is 0 Å². The van der Waals surface area contributed by atoms with Crippen LogP contribution in [0.3, 0.4) is 0 Å². The third-order valence-corrected chi connectivity index (χ3v) is 4.21. The number of fused-ring (bicyclic) bond motifs is 1. The van der Waals surface area contributed by atoms with Crippen LogP contribution in [0.5, 0.6) is 5.75 Å². The van der Waals surface area contributed by atoms with Crippen LogP contribution in [0.2, 0.25) is 0 Å². The van der Waals surface area contributed by atoms with Gasteiger partial charge in [-0.05, 0) is 62.3 Å². The van der Waals surface area contributed by atoms with Crippen LogP contribution in [0.25, 0.3) is 0 Å². The van der Waals surface area contributed by atoms with Crippen molar-refractivity contribution in [3.63, 3.8) is 0 Å². The van der Waals surface area contributed by atoms with Gasteiger partial charge < -0.3 is 15.2 Å². The number of carbonyl (C=O) groups excluding carboxylic acids is 1. The summed E-state index contributed by atoms with van der Waals surface area (Å²) < 4.78 is 10.3. The van der Waals surface area contributed by atoms with Gasteiger partial charge in [0.2, 0.25) is 0 Å². The summed E-state index contributed by atoms with van der Waals surface area (Å²) in [6, 6.07) is 6.10. The monoisotopic (exact) mass is 277 g/mol. The van der Waals surface area contributed by atoms with E-state index in [4.69, 9.17) is 15.2 Å². The highest BCUT2D eigenvalue weighted by molar-refractivity contribution is 5.80. The Balaban J connectivity index is 2.16. The molecule has 4 heteroatoms. The molecule has 0 heterocycles. The van der Waals surface area contributed by atoms with Crippen LogP contribution in [0, 0.1) is 5.92 Å². The lowest BCUT2D eigenvalue weighted by Gasteiger charge is -2.35. The van der Waals surface area contributed by atoms with Crippen LogP contribution in [0.15, 0.2) is 18.2 Å². The van der Waals surface area contributed by atoms with Crippen molar-refractivity contribution >= 4 is 5.97 Å². The number of aryl methyl sites for hydroxylation is 1. The second-order valence-corrected chi connectivity index (χ2v) is 5.58. The number of benzene rings is 1. The fourth-order valence-electron chi connectivity index (χ4n) is 2.82. The molecule has 0 saturated heterocycles. The molecule has 110 valence electrons. The first-order valence-corrected chi connectivity index (χ1v) is 7.11. The number of methoxy groups -OCH3 is 1. The molecule has 0 bridgehead atoms. The largest absolute Gasteiger partial charge is 0.497 e. The average molecular weight is 277 g/mol. The first kappa shape index (κ1) is 14.9. The first-order valence-electron chi connectivity index (χ1n) is 7.11. The molecule has 0 aliphatic heterocycles. The zero-order chi connectivity index (χ0) is 14.8. The van der Waals surface area contributed by atoms with E-state index in [1.54, 1.807) is 21.0 Å². The van der Waals surface area contributed by atoms with Crippen molar-refractivity contribution in [3.8, 4) is 5.75 Å². The molecule has 1 aromatic carbocycles. The number of hydrogen-bond donors (Lipinski definition) is 1. The van der Waals surface area contributed by atoms with Gasteiger partial charge in [0.05, 0.1) is 13.7 Å². The summed E-state index contributed by atoms with van der Waals surface area (Å²) in [5.74, 6) is 0.688. The molecule has 0 saturated carbocycles. The summed E-state index contributed by atoms with van der Waals surface area (Å²) >= 11 is 0. The van der Waals surface area contributed by atoms with E-state index in [0.717, 1.165) is 25.0 Å². The van der Waals surface area contributed by atoms with Crippen molar-refractivity contribution in [2.24, 2.45) is 11.7 Å². The Morgan fingerprint density at radius 2 is 2.20 bits per heavy atom. The van der Waals surface area contributed by atoms with Crippen molar-refractivity contribution in [1.29, 1.82) is 0 Å². The number of hydrogen-bond acceptors (Lipinski definition) is 4. The summed E-state index contributed by atoms with van der Waals surface area (Å²) in [5, 5.41) is 0. The third kappa shape index (κ3) is 2.80. The van der Waals surface area contributed by atoms with Gasteiger partial charge in [-0.1, -0.05) is 6.07 Å². The lowest BCUT2D eigenvalue weighted by molar-refractivity contribution is -0.151. The van der Waals surface area contributed by atoms with Gasteiger partial charge in [-0.3, -0.25) is 4.79 Å². The quantitative estimate of drug-likeness (QED) is 0.856. The molecule has 0 amide bonds. The van der Waals surface area contributed by atoms with Crippen LogP contribution in [-0.2, 0) is 22.4 Å². The molecule has 0 fully saturated rings. The van der Waals surface area contributed by atoms with E-state index in [-0.39, 0.29) is 11.9 Å². The molecule has 0 radical (unpaired) electrons. The molecular weight excluding hydrogens is 254 g/mol. The van der Waals surface area contributed by atoms with Crippen LogP contribution in [0.1, 0.15) is 31.4 Å². The maximum absolute atomic E-state index is 12.0. The summed E-state index contributed by atoms with van der Waals surface area (Å²) in [7, 11) is 1.67. The minimum absolute atomic E-state index is 0.113. The Kier molecular flexibility index (Phi) is 4.33. The predicted octanol–water partition coefficient (Wildman–Crippen LogP) is 2.08. The standard InChI is InChI=1S/C16H23NO3/c1-4-20-15(18)16(2,17)13-7-5-12-10-14(19-3)8-6-11(12)9-13/h6,8,10,13H,4-5,7,9,17H2,1-3H3/t13-,16+/m0/s1. The summed E-state index contributed by atoms with van der Waals surface area (Å²) in [5.41, 5.74) is 7.86. The van der Waals surface area contributed by atoms with Crippen LogP contribution in [0.4, 0.5) is 0 Å². The van der Waals surface area contributed by atoms with Gasteiger partial charge in [0.1, 0.15) is 11.3 Å². The zero-order valence-corrected chi connectivity index (χ0v) is 12.4. The van der Waals surface area contributed by atoms with E-state index in [1.807, 2.05) is 6.07 Å². The molecule has 1 aliphatic rings. The van der Waals surface area contributed by atoms with Crippen LogP contribution < -0.4 is 10.5 Å². The third-order valence-electron chi connectivity index (χ3n) is 4.21. The smallest absolute Gasteiger partial charge is 0.326 e. The number of ether oxygens (including phenoxy) is 2. The van der Waals surface area contributed by atoms with E-state index < -0.39 is 5.54 Å². The molecule has 4 nitrogen and oxygen atoms in total. The molecule has 20 heavy (non-hydrogen) atoms. The molecular formula is C16H23NO3. The average Bonchev–Trinajstić information content (AvgIpc) is 2.46. The Labute approximate surface area is 120 Å². The summed E-state index contributed by atoms with van der Waals surface area (Å²) in [6.07, 6.45) is 2.63. The lowest BCUT2D eigenvalue weighted by Crippen LogP contribution is -2.54. The van der Waals surface area contributed by atoms with Gasteiger partial charge in [0, 0.05) is 0 Å². The van der Waals surface area contributed by atoms with Crippen LogP contribution in [-0.4, -0.2) is 25.2 Å². The van der Waals surface area contributed by atoms with Gasteiger partial charge in [-0.15, -0.1) is 0 Å². The summed E-state index contributed by atoms with van der Waals surface area (Å²) in [6.45, 7) is 3.95. The fraction of sp³-hybridized carbons (Fsp3) is 0.562. The van der Waals surface area contributed by atoms with Crippen molar-refractivity contribution in [3.05, 3.63) is 29.3 Å². The molecule has 1 aliphatic carbocycles. The molecule has 0 unspecified atom stereocenters. The maximum atomic E-state index is 12.0. The second kappa shape index (κ2) is 5.83. The molecule has 2 atom stereocenters. The molecule has 1 aromatic rings. The topological polar surface area (TPSA) is 61.5 Å². The number of esters is 1. The minimum atomic E-state index is -0.923. The lowest BCUT2D eigenvalue weighted by atomic mass is 9.74. The van der Waals surface area contributed by atoms with E-state index >= 15 is 0 Å². The van der Waals surface area contributed by atoms with Crippen molar-refractivity contribution in [2.75, 3.05) is 13.7 Å². The molecule has 2 N–H and O–H groups in total. The Bertz CT molecular complexity index is 496. The van der Waals surface area contributed by atoms with Gasteiger partial charge >= 0.3 is 5.97 Å². The van der Waals surface area contributed by atoms with Gasteiger partial charge in [0.15, 0.2) is 0 Å². The van der Waals surface area contributed by atoms with Gasteiger partial charge in [-0.25, -0.2) is 0 Å². The van der Waals surface area contributed by atoms with E-state index in [9.17, 15) is 4.79 Å². The van der Waals surface area contributed by atoms with E-state index in [1.165, 1.54) is 11.1 Å². The molecule has 2 rings (SSSR count). The number of nitrogens with two attached hydrogens (primary N) is 1. The van der Waals surface area contributed by atoms with Crippen molar-refractivity contribution in [2.45, 2.75) is 38.6 Å². The molecule has 0 spiro atoms. The van der Waals surface area contributed by atoms with Crippen LogP contribution >= 0.6 is 0 Å². The van der Waals surface area contributed by atoms with Crippen molar-refractivity contribution in [1.82, 2.24) is 0 Å². The number of rotatable bonds is 4. The Morgan fingerprint density at radius 3 is 2.85 bits per heavy atom. The Morgan fingerprint density at radius 1 is 1.45 bits per heavy atom. The maximum Gasteiger partial charge on any atom is 0.326 e. The first-order chi connectivity index (χ1) is 9.48. The zero-order valence-electron chi connectivity index (χ0n) is 12.4. The summed E-state index contributed by atoms with van der Waals surface area (Å²) in [4.78, 5) is 12.0. The Hall–Kier alpha value is -1.55. The normalized spacial score (nSPS) is 20.7.